The molecule has 2 rings (SSSR count). The Morgan fingerprint density at radius 3 is 2.76 bits per heavy atom. The highest BCUT2D eigenvalue weighted by Crippen LogP contribution is 2.28. The van der Waals surface area contributed by atoms with Crippen LogP contribution in [0.3, 0.4) is 0 Å². The van der Waals surface area contributed by atoms with E-state index in [1.54, 1.807) is 4.90 Å². The fourth-order valence-electron chi connectivity index (χ4n) is 2.71. The summed E-state index contributed by atoms with van der Waals surface area (Å²) >= 11 is 11.7. The standard InChI is InChI=1S/C17H25Cl2N3O3/c1-2-25-17(24)22-7-5-13(6-8-22)21-15-4-3-12(19)9-16(15)20-11-14(23)10-18/h3-4,9,13-14,20-21,23H,2,5-8,10-11H2,1H3. The molecule has 0 spiro atoms. The fourth-order valence-corrected chi connectivity index (χ4v) is 2.99. The summed E-state index contributed by atoms with van der Waals surface area (Å²) < 4.78 is 5.04. The molecule has 1 unspecified atom stereocenters. The number of carbonyl (C=O) groups is 1. The number of ether oxygens (including phenoxy) is 1. The molecule has 0 saturated carbocycles. The average molecular weight is 390 g/mol. The lowest BCUT2D eigenvalue weighted by Crippen LogP contribution is -2.42. The van der Waals surface area contributed by atoms with E-state index in [9.17, 15) is 9.90 Å². The Labute approximate surface area is 158 Å². The minimum absolute atomic E-state index is 0.169. The molecular formula is C17H25Cl2N3O3. The molecule has 1 aliphatic rings. The molecular weight excluding hydrogens is 365 g/mol. The Morgan fingerprint density at radius 1 is 1.40 bits per heavy atom. The van der Waals surface area contributed by atoms with E-state index >= 15 is 0 Å². The van der Waals surface area contributed by atoms with Crippen LogP contribution in [0.4, 0.5) is 16.2 Å². The Morgan fingerprint density at radius 2 is 2.12 bits per heavy atom. The van der Waals surface area contributed by atoms with Gasteiger partial charge in [0.05, 0.1) is 30.0 Å². The first-order valence-electron chi connectivity index (χ1n) is 8.49. The number of aliphatic hydroxyl groups excluding tert-OH is 1. The quantitative estimate of drug-likeness (QED) is 0.623. The van der Waals surface area contributed by atoms with Crippen molar-refractivity contribution in [1.82, 2.24) is 4.90 Å². The van der Waals surface area contributed by atoms with E-state index in [1.165, 1.54) is 0 Å². The van der Waals surface area contributed by atoms with Gasteiger partial charge in [0.1, 0.15) is 0 Å². The molecule has 1 atom stereocenters. The van der Waals surface area contributed by atoms with Gasteiger partial charge in [-0.1, -0.05) is 11.6 Å². The summed E-state index contributed by atoms with van der Waals surface area (Å²) in [4.78, 5) is 13.5. The van der Waals surface area contributed by atoms with Crippen molar-refractivity contribution in [2.75, 3.05) is 42.8 Å². The van der Waals surface area contributed by atoms with E-state index in [-0.39, 0.29) is 18.0 Å². The number of anilines is 2. The maximum absolute atomic E-state index is 11.8. The molecule has 8 heteroatoms. The smallest absolute Gasteiger partial charge is 0.409 e. The first-order chi connectivity index (χ1) is 12.0. The molecule has 140 valence electrons. The van der Waals surface area contributed by atoms with Crippen LogP contribution >= 0.6 is 23.2 Å². The summed E-state index contributed by atoms with van der Waals surface area (Å²) in [5, 5.41) is 16.9. The van der Waals surface area contributed by atoms with Crippen molar-refractivity contribution in [1.29, 1.82) is 0 Å². The average Bonchev–Trinajstić information content (AvgIpc) is 2.62. The van der Waals surface area contributed by atoms with Crippen LogP contribution < -0.4 is 10.6 Å². The van der Waals surface area contributed by atoms with Crippen molar-refractivity contribution in [3.63, 3.8) is 0 Å². The Hall–Kier alpha value is -1.37. The maximum Gasteiger partial charge on any atom is 0.409 e. The third kappa shape index (κ3) is 6.13. The summed E-state index contributed by atoms with van der Waals surface area (Å²) in [7, 11) is 0. The van der Waals surface area contributed by atoms with Crippen LogP contribution in [0, 0.1) is 0 Å². The van der Waals surface area contributed by atoms with Gasteiger partial charge in [-0.2, -0.15) is 0 Å². The monoisotopic (exact) mass is 389 g/mol. The van der Waals surface area contributed by atoms with E-state index in [0.717, 1.165) is 24.2 Å². The predicted molar refractivity (Wildman–Crippen MR) is 102 cm³/mol. The van der Waals surface area contributed by atoms with E-state index in [0.29, 0.717) is 31.3 Å². The molecule has 1 saturated heterocycles. The summed E-state index contributed by atoms with van der Waals surface area (Å²) in [5.74, 6) is 0.169. The molecule has 1 aromatic rings. The van der Waals surface area contributed by atoms with Crippen LogP contribution in [0.25, 0.3) is 0 Å². The number of nitrogens with zero attached hydrogens (tertiary/aromatic N) is 1. The lowest BCUT2D eigenvalue weighted by atomic mass is 10.0. The van der Waals surface area contributed by atoms with E-state index in [2.05, 4.69) is 10.6 Å². The van der Waals surface area contributed by atoms with Crippen LogP contribution in [0.1, 0.15) is 19.8 Å². The van der Waals surface area contributed by atoms with E-state index in [1.807, 2.05) is 25.1 Å². The van der Waals surface area contributed by atoms with E-state index in [4.69, 9.17) is 27.9 Å². The highest BCUT2D eigenvalue weighted by molar-refractivity contribution is 6.31. The normalized spacial score (nSPS) is 16.4. The first kappa shape index (κ1) is 19.9. The molecule has 1 fully saturated rings. The zero-order valence-corrected chi connectivity index (χ0v) is 15.8. The van der Waals surface area contributed by atoms with Crippen LogP contribution in [-0.4, -0.2) is 60.4 Å². The Bertz CT molecular complexity index is 566. The zero-order valence-electron chi connectivity index (χ0n) is 14.3. The molecule has 3 N–H and O–H groups in total. The number of halogens is 2. The minimum atomic E-state index is -0.624. The SMILES string of the molecule is CCOC(=O)N1CCC(Nc2ccc(Cl)cc2NCC(O)CCl)CC1. The van der Waals surface area contributed by atoms with Gasteiger partial charge >= 0.3 is 6.09 Å². The fraction of sp³-hybridized carbons (Fsp3) is 0.588. The van der Waals surface area contributed by atoms with E-state index < -0.39 is 6.10 Å². The highest BCUT2D eigenvalue weighted by atomic mass is 35.5. The second kappa shape index (κ2) is 9.94. The first-order valence-corrected chi connectivity index (χ1v) is 9.40. The molecule has 0 aromatic heterocycles. The number of hydrogen-bond acceptors (Lipinski definition) is 5. The number of amides is 1. The number of alkyl halides is 1. The van der Waals surface area contributed by atoms with Gasteiger partial charge < -0.3 is 25.4 Å². The van der Waals surface area contributed by atoms with Gasteiger partial charge in [0.15, 0.2) is 0 Å². The molecule has 1 aromatic carbocycles. The van der Waals surface area contributed by atoms with Crippen molar-refractivity contribution in [3.8, 4) is 0 Å². The zero-order chi connectivity index (χ0) is 18.2. The second-order valence-corrected chi connectivity index (χ2v) is 6.73. The van der Waals surface area contributed by atoms with Crippen molar-refractivity contribution in [2.45, 2.75) is 31.9 Å². The number of hydrogen-bond donors (Lipinski definition) is 3. The third-order valence-electron chi connectivity index (χ3n) is 4.07. The third-order valence-corrected chi connectivity index (χ3v) is 4.66. The molecule has 0 radical (unpaired) electrons. The molecule has 1 amide bonds. The van der Waals surface area contributed by atoms with Crippen molar-refractivity contribution in [3.05, 3.63) is 23.2 Å². The van der Waals surface area contributed by atoms with Crippen LogP contribution in [0.2, 0.25) is 5.02 Å². The van der Waals surface area contributed by atoms with Crippen LogP contribution in [0.15, 0.2) is 18.2 Å². The summed E-state index contributed by atoms with van der Waals surface area (Å²) in [6, 6.07) is 5.81. The molecule has 1 aliphatic heterocycles. The van der Waals surface area contributed by atoms with Gasteiger partial charge in [0.2, 0.25) is 0 Å². The van der Waals surface area contributed by atoms with Crippen molar-refractivity contribution in [2.24, 2.45) is 0 Å². The number of carbonyl (C=O) groups excluding carboxylic acids is 1. The van der Waals surface area contributed by atoms with Gasteiger partial charge in [0.25, 0.3) is 0 Å². The van der Waals surface area contributed by atoms with Gasteiger partial charge in [-0.3, -0.25) is 0 Å². The second-order valence-electron chi connectivity index (χ2n) is 5.98. The summed E-state index contributed by atoms with van der Waals surface area (Å²) in [5.41, 5.74) is 1.74. The number of piperidine rings is 1. The highest BCUT2D eigenvalue weighted by Gasteiger charge is 2.24. The van der Waals surface area contributed by atoms with Crippen molar-refractivity contribution < 1.29 is 14.6 Å². The maximum atomic E-state index is 11.8. The Balaban J connectivity index is 1.93. The van der Waals surface area contributed by atoms with Gasteiger partial charge in [-0.25, -0.2) is 4.79 Å². The molecule has 6 nitrogen and oxygen atoms in total. The predicted octanol–water partition coefficient (Wildman–Crippen LogP) is 3.38. The number of benzene rings is 1. The molecule has 0 bridgehead atoms. The van der Waals surface area contributed by atoms with Gasteiger partial charge in [-0.15, -0.1) is 11.6 Å². The topological polar surface area (TPSA) is 73.8 Å². The minimum Gasteiger partial charge on any atom is -0.450 e. The molecule has 0 aliphatic carbocycles. The number of nitrogens with one attached hydrogen (secondary N) is 2. The van der Waals surface area contributed by atoms with Gasteiger partial charge in [-0.05, 0) is 38.0 Å². The van der Waals surface area contributed by atoms with Crippen molar-refractivity contribution >= 4 is 40.7 Å². The van der Waals surface area contributed by atoms with Crippen LogP contribution in [-0.2, 0) is 4.74 Å². The van der Waals surface area contributed by atoms with Crippen LogP contribution in [0.5, 0.6) is 0 Å². The Kier molecular flexibility index (Phi) is 7.93. The molecule has 25 heavy (non-hydrogen) atoms. The number of likely N-dealkylation sites (tertiary alicyclic amines) is 1. The lowest BCUT2D eigenvalue weighted by Gasteiger charge is -2.32. The largest absolute Gasteiger partial charge is 0.450 e. The molecule has 1 heterocycles. The number of aliphatic hydroxyl groups is 1. The summed E-state index contributed by atoms with van der Waals surface area (Å²) in [6.07, 6.45) is 0.808. The lowest BCUT2D eigenvalue weighted by molar-refractivity contribution is 0.0983. The number of rotatable bonds is 7. The van der Waals surface area contributed by atoms with Gasteiger partial charge in [0, 0.05) is 30.7 Å². The summed E-state index contributed by atoms with van der Waals surface area (Å²) in [6.45, 7) is 3.88.